The molecule has 0 N–H and O–H groups in total. The Balaban J connectivity index is 2.25. The number of ether oxygens (including phenoxy) is 1. The molecule has 0 saturated heterocycles. The zero-order valence-electron chi connectivity index (χ0n) is 16.2. The third-order valence-electron chi connectivity index (χ3n) is 4.52. The first-order valence-corrected chi connectivity index (χ1v) is 8.62. The lowest BCUT2D eigenvalue weighted by Crippen LogP contribution is -2.14. The summed E-state index contributed by atoms with van der Waals surface area (Å²) in [6.45, 7) is 4.96. The molecule has 0 heterocycles. The van der Waals surface area contributed by atoms with Gasteiger partial charge in [0.05, 0.1) is 23.2 Å². The highest BCUT2D eigenvalue weighted by atomic mass is 19.2. The van der Waals surface area contributed by atoms with Crippen molar-refractivity contribution in [3.05, 3.63) is 63.5 Å². The molecule has 9 heteroatoms. The van der Waals surface area contributed by atoms with Crippen LogP contribution in [-0.2, 0) is 11.3 Å². The molecule has 0 radical (unpaired) electrons. The molecular weight excluding hydrogens is 395 g/mol. The molecular formula is C20H19F5N2O2. The van der Waals surface area contributed by atoms with E-state index in [1.165, 1.54) is 6.07 Å². The Morgan fingerprint density at radius 2 is 1.55 bits per heavy atom. The number of nitrogens with zero attached hydrogens (tertiary/aromatic N) is 2. The van der Waals surface area contributed by atoms with Crippen LogP contribution in [0.3, 0.4) is 0 Å². The summed E-state index contributed by atoms with van der Waals surface area (Å²) in [6.07, 6.45) is 1.63. The Labute approximate surface area is 164 Å². The summed E-state index contributed by atoms with van der Waals surface area (Å²) in [5, 5.41) is 0. The van der Waals surface area contributed by atoms with Crippen molar-refractivity contribution >= 4 is 18.0 Å². The Morgan fingerprint density at radius 1 is 1.00 bits per heavy atom. The normalized spacial score (nSPS) is 11.2. The van der Waals surface area contributed by atoms with E-state index in [9.17, 15) is 26.7 Å². The van der Waals surface area contributed by atoms with Crippen molar-refractivity contribution in [1.29, 1.82) is 0 Å². The van der Waals surface area contributed by atoms with Crippen LogP contribution in [0.25, 0.3) is 0 Å². The molecule has 156 valence electrons. The lowest BCUT2D eigenvalue weighted by Gasteiger charge is -2.13. The predicted octanol–water partition coefficient (Wildman–Crippen LogP) is 4.97. The highest BCUT2D eigenvalue weighted by molar-refractivity contribution is 5.92. The van der Waals surface area contributed by atoms with Crippen LogP contribution in [0.4, 0.5) is 27.6 Å². The van der Waals surface area contributed by atoms with Gasteiger partial charge in [-0.15, -0.1) is 0 Å². The number of halogens is 5. The van der Waals surface area contributed by atoms with Gasteiger partial charge in [0.2, 0.25) is 5.82 Å². The molecule has 2 aromatic carbocycles. The molecule has 29 heavy (non-hydrogen) atoms. The van der Waals surface area contributed by atoms with Crippen LogP contribution < -0.4 is 0 Å². The van der Waals surface area contributed by atoms with E-state index in [1.807, 2.05) is 18.9 Å². The van der Waals surface area contributed by atoms with Crippen LogP contribution >= 0.6 is 0 Å². The quantitative estimate of drug-likeness (QED) is 0.167. The second-order valence-corrected chi connectivity index (χ2v) is 6.32. The fourth-order valence-corrected chi connectivity index (χ4v) is 2.40. The lowest BCUT2D eigenvalue weighted by molar-refractivity contribution is 0.0461. The molecule has 2 aromatic rings. The monoisotopic (exact) mass is 414 g/mol. The van der Waals surface area contributed by atoms with Crippen LogP contribution in [0.15, 0.2) is 17.1 Å². The fraction of sp³-hybridized carbons (Fsp3) is 0.300. The number of carbonyl (C=O) groups is 1. The van der Waals surface area contributed by atoms with E-state index in [0.29, 0.717) is 16.8 Å². The van der Waals surface area contributed by atoms with Gasteiger partial charge in [-0.1, -0.05) is 0 Å². The van der Waals surface area contributed by atoms with Crippen LogP contribution in [0.2, 0.25) is 0 Å². The van der Waals surface area contributed by atoms with Crippen molar-refractivity contribution in [1.82, 2.24) is 4.90 Å². The molecule has 0 aliphatic carbocycles. The van der Waals surface area contributed by atoms with Gasteiger partial charge in [0.1, 0.15) is 6.61 Å². The van der Waals surface area contributed by atoms with Crippen molar-refractivity contribution < 1.29 is 31.5 Å². The first-order valence-electron chi connectivity index (χ1n) is 8.62. The second-order valence-electron chi connectivity index (χ2n) is 6.32. The number of carbonyl (C=O) groups excluding carboxylic acids is 1. The maximum absolute atomic E-state index is 13.7. The topological polar surface area (TPSA) is 41.9 Å². The van der Waals surface area contributed by atoms with Gasteiger partial charge in [-0.25, -0.2) is 31.7 Å². The minimum atomic E-state index is -2.27. The van der Waals surface area contributed by atoms with Gasteiger partial charge in [-0.05, 0) is 44.0 Å². The molecule has 0 amide bonds. The Morgan fingerprint density at radius 3 is 2.10 bits per heavy atom. The summed E-state index contributed by atoms with van der Waals surface area (Å²) in [6, 6.07) is 2.99. The second kappa shape index (κ2) is 9.02. The number of rotatable bonds is 6. The van der Waals surface area contributed by atoms with Gasteiger partial charge in [0.15, 0.2) is 23.3 Å². The number of hydrogen-bond donors (Lipinski definition) is 0. The SMILES string of the molecule is CCN(C)C=Nc1ccc(C(=O)OCc2c(F)c(F)c(F)c(F)c2F)c(C)c1C. The first kappa shape index (κ1) is 22.3. The van der Waals surface area contributed by atoms with E-state index < -0.39 is 47.2 Å². The average molecular weight is 414 g/mol. The summed E-state index contributed by atoms with van der Waals surface area (Å²) in [7, 11) is 1.84. The largest absolute Gasteiger partial charge is 0.457 e. The lowest BCUT2D eigenvalue weighted by atomic mass is 10.0. The molecule has 0 fully saturated rings. The van der Waals surface area contributed by atoms with Gasteiger partial charge in [0, 0.05) is 13.6 Å². The van der Waals surface area contributed by atoms with E-state index in [-0.39, 0.29) is 5.56 Å². The highest BCUT2D eigenvalue weighted by Crippen LogP contribution is 2.27. The minimum Gasteiger partial charge on any atom is -0.457 e. The maximum Gasteiger partial charge on any atom is 0.338 e. The van der Waals surface area contributed by atoms with Gasteiger partial charge >= 0.3 is 5.97 Å². The summed E-state index contributed by atoms with van der Waals surface area (Å²) in [5.41, 5.74) is 0.680. The van der Waals surface area contributed by atoms with E-state index in [4.69, 9.17) is 4.74 Å². The Kier molecular flexibility index (Phi) is 6.94. The van der Waals surface area contributed by atoms with Crippen molar-refractivity contribution in [3.8, 4) is 0 Å². The van der Waals surface area contributed by atoms with E-state index in [0.717, 1.165) is 6.54 Å². The molecule has 0 spiro atoms. The van der Waals surface area contributed by atoms with E-state index >= 15 is 0 Å². The van der Waals surface area contributed by atoms with Crippen molar-refractivity contribution in [2.24, 2.45) is 4.99 Å². The predicted molar refractivity (Wildman–Crippen MR) is 97.7 cm³/mol. The molecule has 0 aromatic heterocycles. The molecule has 0 aliphatic heterocycles. The number of aliphatic imine (C=N–C) groups is 1. The summed E-state index contributed by atoms with van der Waals surface area (Å²) in [5.74, 6) is -11.5. The summed E-state index contributed by atoms with van der Waals surface area (Å²) in [4.78, 5) is 18.5. The molecule has 0 aliphatic rings. The number of hydrogen-bond acceptors (Lipinski definition) is 3. The van der Waals surface area contributed by atoms with E-state index in [2.05, 4.69) is 4.99 Å². The van der Waals surface area contributed by atoms with Crippen LogP contribution in [-0.4, -0.2) is 30.8 Å². The molecule has 2 rings (SSSR count). The molecule has 0 atom stereocenters. The van der Waals surface area contributed by atoms with Crippen LogP contribution in [0.5, 0.6) is 0 Å². The molecule has 0 bridgehead atoms. The van der Waals surface area contributed by atoms with Gasteiger partial charge in [-0.2, -0.15) is 0 Å². The summed E-state index contributed by atoms with van der Waals surface area (Å²) < 4.78 is 71.8. The van der Waals surface area contributed by atoms with E-state index in [1.54, 1.807) is 26.3 Å². The standard InChI is InChI=1S/C20H19F5N2O2/c1-5-27(4)9-26-14-7-6-12(10(2)11(14)3)20(28)29-8-13-15(21)17(23)19(25)18(24)16(13)22/h6-7,9H,5,8H2,1-4H3. The maximum atomic E-state index is 13.7. The van der Waals surface area contributed by atoms with Crippen molar-refractivity contribution in [2.45, 2.75) is 27.4 Å². The molecule has 0 saturated carbocycles. The zero-order chi connectivity index (χ0) is 21.9. The van der Waals surface area contributed by atoms with Crippen LogP contribution in [0, 0.1) is 42.9 Å². The van der Waals surface area contributed by atoms with Crippen LogP contribution in [0.1, 0.15) is 34.0 Å². The van der Waals surface area contributed by atoms with Gasteiger partial charge in [0.25, 0.3) is 0 Å². The third-order valence-corrected chi connectivity index (χ3v) is 4.52. The number of esters is 1. The third kappa shape index (κ3) is 4.55. The molecule has 0 unspecified atom stereocenters. The minimum absolute atomic E-state index is 0.0918. The van der Waals surface area contributed by atoms with Gasteiger partial charge < -0.3 is 9.64 Å². The zero-order valence-corrected chi connectivity index (χ0v) is 16.2. The first-order chi connectivity index (χ1) is 13.6. The average Bonchev–Trinajstić information content (AvgIpc) is 2.71. The Bertz CT molecular complexity index is 947. The highest BCUT2D eigenvalue weighted by Gasteiger charge is 2.26. The van der Waals surface area contributed by atoms with Crippen molar-refractivity contribution in [2.75, 3.05) is 13.6 Å². The van der Waals surface area contributed by atoms with Gasteiger partial charge in [-0.3, -0.25) is 0 Å². The molecule has 4 nitrogen and oxygen atoms in total. The number of benzene rings is 2. The summed E-state index contributed by atoms with van der Waals surface area (Å²) >= 11 is 0. The fourth-order valence-electron chi connectivity index (χ4n) is 2.40. The smallest absolute Gasteiger partial charge is 0.338 e. The Hall–Kier alpha value is -2.97. The van der Waals surface area contributed by atoms with Crippen molar-refractivity contribution in [3.63, 3.8) is 0 Å².